The zero-order valence-corrected chi connectivity index (χ0v) is 16.7. The number of carbonyl (C=O) groups is 2. The standard InChI is InChI=1S/C21H22N2O3S/c1-13(2)15-9-10-17-18(11-15)27-21(23(17)12-19(24)26-4)22-20(25)16-8-6-5-7-14(16)3/h5-11,13H,12H2,1-4H3. The van der Waals surface area contributed by atoms with Crippen LogP contribution in [0.1, 0.15) is 41.3 Å². The molecule has 0 radical (unpaired) electrons. The normalized spacial score (nSPS) is 12.0. The van der Waals surface area contributed by atoms with Gasteiger partial charge in [-0.3, -0.25) is 9.59 Å². The van der Waals surface area contributed by atoms with Crippen LogP contribution >= 0.6 is 11.3 Å². The number of hydrogen-bond acceptors (Lipinski definition) is 4. The average Bonchev–Trinajstić information content (AvgIpc) is 2.98. The van der Waals surface area contributed by atoms with Gasteiger partial charge in [-0.1, -0.05) is 49.4 Å². The van der Waals surface area contributed by atoms with Gasteiger partial charge in [-0.15, -0.1) is 0 Å². The quantitative estimate of drug-likeness (QED) is 0.640. The number of esters is 1. The van der Waals surface area contributed by atoms with Crippen LogP contribution in [0, 0.1) is 6.92 Å². The van der Waals surface area contributed by atoms with Crippen molar-refractivity contribution in [1.29, 1.82) is 0 Å². The summed E-state index contributed by atoms with van der Waals surface area (Å²) < 4.78 is 7.55. The number of benzene rings is 2. The first-order valence-electron chi connectivity index (χ1n) is 8.75. The van der Waals surface area contributed by atoms with Gasteiger partial charge in [0, 0.05) is 5.56 Å². The van der Waals surface area contributed by atoms with Gasteiger partial charge < -0.3 is 9.30 Å². The average molecular weight is 382 g/mol. The molecule has 0 N–H and O–H groups in total. The van der Waals surface area contributed by atoms with E-state index in [1.165, 1.54) is 24.0 Å². The van der Waals surface area contributed by atoms with Gasteiger partial charge in [0.15, 0.2) is 4.80 Å². The third-order valence-corrected chi connectivity index (χ3v) is 5.50. The molecule has 0 bridgehead atoms. The van der Waals surface area contributed by atoms with E-state index in [2.05, 4.69) is 24.9 Å². The van der Waals surface area contributed by atoms with E-state index >= 15 is 0 Å². The number of carbonyl (C=O) groups excluding carboxylic acids is 2. The van der Waals surface area contributed by atoms with Crippen LogP contribution in [-0.4, -0.2) is 23.6 Å². The van der Waals surface area contributed by atoms with Crippen LogP contribution in [-0.2, 0) is 16.1 Å². The minimum absolute atomic E-state index is 0.0113. The van der Waals surface area contributed by atoms with E-state index in [0.717, 1.165) is 15.8 Å². The lowest BCUT2D eigenvalue weighted by Gasteiger charge is -2.06. The van der Waals surface area contributed by atoms with Crippen LogP contribution in [0.2, 0.25) is 0 Å². The second kappa shape index (κ2) is 7.88. The minimum atomic E-state index is -0.382. The van der Waals surface area contributed by atoms with E-state index in [0.29, 0.717) is 16.3 Å². The summed E-state index contributed by atoms with van der Waals surface area (Å²) in [7, 11) is 1.35. The van der Waals surface area contributed by atoms with E-state index < -0.39 is 0 Å². The van der Waals surface area contributed by atoms with Crippen LogP contribution < -0.4 is 4.80 Å². The Bertz CT molecular complexity index is 1080. The van der Waals surface area contributed by atoms with Crippen molar-refractivity contribution >= 4 is 33.4 Å². The zero-order chi connectivity index (χ0) is 19.6. The fourth-order valence-electron chi connectivity index (χ4n) is 2.84. The molecule has 2 aromatic carbocycles. The molecule has 1 heterocycles. The molecule has 27 heavy (non-hydrogen) atoms. The van der Waals surface area contributed by atoms with Crippen LogP contribution in [0.15, 0.2) is 47.5 Å². The number of aromatic nitrogens is 1. The van der Waals surface area contributed by atoms with E-state index in [1.54, 1.807) is 10.6 Å². The topological polar surface area (TPSA) is 60.7 Å². The van der Waals surface area contributed by atoms with Gasteiger partial charge >= 0.3 is 5.97 Å². The Morgan fingerprint density at radius 3 is 2.59 bits per heavy atom. The lowest BCUT2D eigenvalue weighted by Crippen LogP contribution is -2.22. The number of amides is 1. The number of aryl methyl sites for hydroxylation is 1. The van der Waals surface area contributed by atoms with Crippen molar-refractivity contribution in [1.82, 2.24) is 4.57 Å². The molecule has 0 spiro atoms. The Balaban J connectivity index is 2.17. The Morgan fingerprint density at radius 2 is 1.93 bits per heavy atom. The number of methoxy groups -OCH3 is 1. The minimum Gasteiger partial charge on any atom is -0.468 e. The van der Waals surface area contributed by atoms with Crippen LogP contribution in [0.5, 0.6) is 0 Å². The van der Waals surface area contributed by atoms with Gasteiger partial charge in [0.2, 0.25) is 0 Å². The molecule has 3 rings (SSSR count). The molecule has 1 aromatic heterocycles. The van der Waals surface area contributed by atoms with E-state index in [9.17, 15) is 9.59 Å². The molecule has 0 atom stereocenters. The van der Waals surface area contributed by atoms with Crippen molar-refractivity contribution in [3.05, 3.63) is 64.0 Å². The summed E-state index contributed by atoms with van der Waals surface area (Å²) >= 11 is 1.40. The van der Waals surface area contributed by atoms with E-state index in [1.807, 2.05) is 37.3 Å². The van der Waals surface area contributed by atoms with Gasteiger partial charge in [-0.2, -0.15) is 4.99 Å². The molecule has 5 nitrogen and oxygen atoms in total. The lowest BCUT2D eigenvalue weighted by molar-refractivity contribution is -0.141. The van der Waals surface area contributed by atoms with E-state index in [-0.39, 0.29) is 18.4 Å². The highest BCUT2D eigenvalue weighted by molar-refractivity contribution is 7.16. The Hall–Kier alpha value is -2.73. The predicted molar refractivity (Wildman–Crippen MR) is 107 cm³/mol. The molecule has 0 unspecified atom stereocenters. The van der Waals surface area contributed by atoms with Crippen molar-refractivity contribution in [2.45, 2.75) is 33.2 Å². The predicted octanol–water partition coefficient (Wildman–Crippen LogP) is 4.05. The second-order valence-corrected chi connectivity index (χ2v) is 7.67. The highest BCUT2D eigenvalue weighted by atomic mass is 32.1. The molecule has 0 aliphatic heterocycles. The molecule has 3 aromatic rings. The zero-order valence-electron chi connectivity index (χ0n) is 15.9. The highest BCUT2D eigenvalue weighted by Gasteiger charge is 2.14. The number of ether oxygens (including phenoxy) is 1. The molecular formula is C21H22N2O3S. The SMILES string of the molecule is COC(=O)Cn1c(=NC(=O)c2ccccc2C)sc2cc(C(C)C)ccc21. The van der Waals surface area contributed by atoms with Crippen molar-refractivity contribution in [2.24, 2.45) is 4.99 Å². The fraction of sp³-hybridized carbons (Fsp3) is 0.286. The van der Waals surface area contributed by atoms with Crippen molar-refractivity contribution < 1.29 is 14.3 Å². The Labute approximate surface area is 161 Å². The summed E-state index contributed by atoms with van der Waals surface area (Å²) in [5.41, 5.74) is 3.49. The Kier molecular flexibility index (Phi) is 5.56. The fourth-order valence-corrected chi connectivity index (χ4v) is 3.92. The second-order valence-electron chi connectivity index (χ2n) is 6.66. The van der Waals surface area contributed by atoms with Gasteiger partial charge in [0.1, 0.15) is 6.54 Å². The van der Waals surface area contributed by atoms with Gasteiger partial charge in [0.25, 0.3) is 5.91 Å². The molecule has 0 fully saturated rings. The smallest absolute Gasteiger partial charge is 0.325 e. The van der Waals surface area contributed by atoms with Crippen molar-refractivity contribution in [3.63, 3.8) is 0 Å². The number of fused-ring (bicyclic) bond motifs is 1. The first kappa shape index (κ1) is 19.0. The third kappa shape index (κ3) is 4.01. The summed E-state index contributed by atoms with van der Waals surface area (Å²) in [5.74, 6) is -0.311. The molecule has 1 amide bonds. The number of hydrogen-bond donors (Lipinski definition) is 0. The summed E-state index contributed by atoms with van der Waals surface area (Å²) in [6, 6.07) is 13.5. The number of rotatable bonds is 4. The maximum Gasteiger partial charge on any atom is 0.325 e. The summed E-state index contributed by atoms with van der Waals surface area (Å²) in [5, 5.41) is 0. The van der Waals surface area contributed by atoms with Crippen LogP contribution in [0.4, 0.5) is 0 Å². The summed E-state index contributed by atoms with van der Waals surface area (Å²) in [4.78, 5) is 29.4. The first-order chi connectivity index (χ1) is 12.9. The first-order valence-corrected chi connectivity index (χ1v) is 9.57. The molecule has 0 aliphatic carbocycles. The van der Waals surface area contributed by atoms with Gasteiger partial charge in [-0.25, -0.2) is 0 Å². The monoisotopic (exact) mass is 382 g/mol. The van der Waals surface area contributed by atoms with Crippen LogP contribution in [0.3, 0.4) is 0 Å². The molecule has 0 aliphatic rings. The molecule has 0 saturated heterocycles. The lowest BCUT2D eigenvalue weighted by atomic mass is 10.0. The molecular weight excluding hydrogens is 360 g/mol. The van der Waals surface area contributed by atoms with Crippen molar-refractivity contribution in [3.8, 4) is 0 Å². The Morgan fingerprint density at radius 1 is 1.19 bits per heavy atom. The van der Waals surface area contributed by atoms with Crippen molar-refractivity contribution in [2.75, 3.05) is 7.11 Å². The van der Waals surface area contributed by atoms with E-state index in [4.69, 9.17) is 4.74 Å². The van der Waals surface area contributed by atoms with Gasteiger partial charge in [-0.05, 0) is 42.2 Å². The maximum atomic E-state index is 12.7. The molecule has 6 heteroatoms. The summed E-state index contributed by atoms with van der Waals surface area (Å²) in [6.07, 6.45) is 0. The highest BCUT2D eigenvalue weighted by Crippen LogP contribution is 2.23. The molecule has 0 saturated carbocycles. The van der Waals surface area contributed by atoms with Gasteiger partial charge in [0.05, 0.1) is 17.3 Å². The summed E-state index contributed by atoms with van der Waals surface area (Å²) in [6.45, 7) is 6.15. The van der Waals surface area contributed by atoms with Crippen LogP contribution in [0.25, 0.3) is 10.2 Å². The third-order valence-electron chi connectivity index (χ3n) is 4.46. The number of nitrogens with zero attached hydrogens (tertiary/aromatic N) is 2. The number of thiazole rings is 1. The largest absolute Gasteiger partial charge is 0.468 e. The maximum absolute atomic E-state index is 12.7. The molecule has 140 valence electrons.